The molecule has 0 amide bonds. The Morgan fingerprint density at radius 1 is 1.31 bits per heavy atom. The van der Waals surface area contributed by atoms with Crippen molar-refractivity contribution in [3.63, 3.8) is 0 Å². The smallest absolute Gasteiger partial charge is 0.256 e. The van der Waals surface area contributed by atoms with E-state index in [1.54, 1.807) is 29.1 Å². The van der Waals surface area contributed by atoms with Crippen molar-refractivity contribution in [2.24, 2.45) is 5.84 Å². The van der Waals surface area contributed by atoms with E-state index in [0.29, 0.717) is 0 Å². The maximum absolute atomic E-state index is 10.7. The number of hydrogen-bond donors (Lipinski definition) is 2. The molecule has 0 radical (unpaired) electrons. The van der Waals surface area contributed by atoms with Crippen molar-refractivity contribution in [2.45, 2.75) is 6.61 Å². The summed E-state index contributed by atoms with van der Waals surface area (Å²) < 4.78 is 25.9. The first-order valence-corrected chi connectivity index (χ1v) is 4.95. The molecule has 0 heterocycles. The van der Waals surface area contributed by atoms with Gasteiger partial charge >= 0.3 is 10.3 Å². The minimum Gasteiger partial charge on any atom is -0.256 e. The van der Waals surface area contributed by atoms with Crippen molar-refractivity contribution in [3.05, 3.63) is 35.9 Å². The zero-order chi connectivity index (χ0) is 9.73. The van der Waals surface area contributed by atoms with Crippen LogP contribution in [0.3, 0.4) is 0 Å². The lowest BCUT2D eigenvalue weighted by molar-refractivity contribution is 0.301. The number of nitrogens with one attached hydrogen (secondary N) is 1. The predicted molar refractivity (Wildman–Crippen MR) is 47.5 cm³/mol. The molecule has 0 atom stereocenters. The van der Waals surface area contributed by atoms with Crippen molar-refractivity contribution in [1.29, 1.82) is 0 Å². The van der Waals surface area contributed by atoms with Crippen LogP contribution >= 0.6 is 0 Å². The van der Waals surface area contributed by atoms with Crippen LogP contribution in [0.1, 0.15) is 5.56 Å². The maximum Gasteiger partial charge on any atom is 0.348 e. The molecule has 0 fully saturated rings. The number of rotatable bonds is 4. The molecule has 0 aliphatic heterocycles. The van der Waals surface area contributed by atoms with Gasteiger partial charge in [0, 0.05) is 0 Å². The quantitative estimate of drug-likeness (QED) is 0.528. The molecule has 0 aliphatic rings. The van der Waals surface area contributed by atoms with E-state index in [-0.39, 0.29) is 6.61 Å². The molecule has 0 spiro atoms. The van der Waals surface area contributed by atoms with E-state index in [2.05, 4.69) is 4.18 Å². The van der Waals surface area contributed by atoms with Gasteiger partial charge in [-0.3, -0.25) is 10.0 Å². The van der Waals surface area contributed by atoms with Gasteiger partial charge in [0.15, 0.2) is 0 Å². The Hall–Kier alpha value is -0.950. The largest absolute Gasteiger partial charge is 0.348 e. The summed E-state index contributed by atoms with van der Waals surface area (Å²) in [6, 6.07) is 8.93. The van der Waals surface area contributed by atoms with Gasteiger partial charge in [-0.2, -0.15) is 8.42 Å². The second kappa shape index (κ2) is 4.33. The van der Waals surface area contributed by atoms with Crippen LogP contribution in [0.15, 0.2) is 30.3 Å². The van der Waals surface area contributed by atoms with Crippen LogP contribution in [-0.4, -0.2) is 8.42 Å². The van der Waals surface area contributed by atoms with Crippen LogP contribution in [0, 0.1) is 0 Å². The molecule has 1 aromatic carbocycles. The van der Waals surface area contributed by atoms with Gasteiger partial charge < -0.3 is 0 Å². The van der Waals surface area contributed by atoms with Gasteiger partial charge in [-0.1, -0.05) is 30.3 Å². The van der Waals surface area contributed by atoms with Crippen LogP contribution < -0.4 is 10.7 Å². The normalized spacial score (nSPS) is 11.5. The summed E-state index contributed by atoms with van der Waals surface area (Å²) in [7, 11) is -3.79. The highest BCUT2D eigenvalue weighted by molar-refractivity contribution is 7.84. The average molecular weight is 202 g/mol. The first kappa shape index (κ1) is 10.1. The van der Waals surface area contributed by atoms with Crippen molar-refractivity contribution in [2.75, 3.05) is 0 Å². The molecule has 0 bridgehead atoms. The first-order chi connectivity index (χ1) is 6.14. The molecular formula is C7H10N2O3S. The fourth-order valence-electron chi connectivity index (χ4n) is 0.754. The molecule has 5 nitrogen and oxygen atoms in total. The van der Waals surface area contributed by atoms with Gasteiger partial charge in [0.1, 0.15) is 0 Å². The summed E-state index contributed by atoms with van der Waals surface area (Å²) in [4.78, 5) is 1.56. The van der Waals surface area contributed by atoms with Crippen LogP contribution in [0.5, 0.6) is 0 Å². The Bertz CT molecular complexity index is 349. The van der Waals surface area contributed by atoms with Crippen molar-refractivity contribution in [3.8, 4) is 0 Å². The Morgan fingerprint density at radius 2 is 1.92 bits per heavy atom. The SMILES string of the molecule is NNS(=O)(=O)OCc1ccccc1. The second-order valence-corrected chi connectivity index (χ2v) is 3.70. The van der Waals surface area contributed by atoms with E-state index >= 15 is 0 Å². The van der Waals surface area contributed by atoms with Gasteiger partial charge in [-0.05, 0) is 5.56 Å². The molecule has 0 aliphatic carbocycles. The minimum atomic E-state index is -3.79. The second-order valence-electron chi connectivity index (χ2n) is 2.32. The van der Waals surface area contributed by atoms with Gasteiger partial charge in [0.25, 0.3) is 0 Å². The molecule has 13 heavy (non-hydrogen) atoms. The van der Waals surface area contributed by atoms with E-state index in [4.69, 9.17) is 5.84 Å². The third-order valence-corrected chi connectivity index (χ3v) is 2.08. The Morgan fingerprint density at radius 3 is 2.46 bits per heavy atom. The fourth-order valence-corrected chi connectivity index (χ4v) is 1.11. The predicted octanol–water partition coefficient (Wildman–Crippen LogP) is -0.0887. The topological polar surface area (TPSA) is 81.4 Å². The average Bonchev–Trinajstić information content (AvgIpc) is 2.17. The summed E-state index contributed by atoms with van der Waals surface area (Å²) in [5.41, 5.74) is 0.765. The van der Waals surface area contributed by atoms with Crippen LogP contribution in [0.4, 0.5) is 0 Å². The molecular weight excluding hydrogens is 192 g/mol. The van der Waals surface area contributed by atoms with E-state index in [1.165, 1.54) is 0 Å². The number of hydrogen-bond acceptors (Lipinski definition) is 4. The Balaban J connectivity index is 2.54. The molecule has 1 rings (SSSR count). The first-order valence-electron chi connectivity index (χ1n) is 3.55. The lowest BCUT2D eigenvalue weighted by Gasteiger charge is -2.02. The van der Waals surface area contributed by atoms with Gasteiger partial charge in [-0.25, -0.2) is 0 Å². The highest BCUT2D eigenvalue weighted by Gasteiger charge is 2.06. The van der Waals surface area contributed by atoms with E-state index in [0.717, 1.165) is 5.56 Å². The summed E-state index contributed by atoms with van der Waals surface area (Å²) >= 11 is 0. The highest BCUT2D eigenvalue weighted by Crippen LogP contribution is 2.01. The van der Waals surface area contributed by atoms with Crippen molar-refractivity contribution < 1.29 is 12.6 Å². The monoisotopic (exact) mass is 202 g/mol. The maximum atomic E-state index is 10.7. The third-order valence-electron chi connectivity index (χ3n) is 1.37. The summed E-state index contributed by atoms with van der Waals surface area (Å²) in [6.45, 7) is -0.0205. The molecule has 6 heteroatoms. The van der Waals surface area contributed by atoms with Gasteiger partial charge in [0.2, 0.25) is 0 Å². The van der Waals surface area contributed by atoms with Gasteiger partial charge in [-0.15, -0.1) is 4.83 Å². The van der Waals surface area contributed by atoms with E-state index < -0.39 is 10.3 Å². The van der Waals surface area contributed by atoms with Crippen LogP contribution in [-0.2, 0) is 21.1 Å². The zero-order valence-electron chi connectivity index (χ0n) is 6.80. The minimum absolute atomic E-state index is 0.0205. The lowest BCUT2D eigenvalue weighted by atomic mass is 10.2. The molecule has 3 N–H and O–H groups in total. The fraction of sp³-hybridized carbons (Fsp3) is 0.143. The summed E-state index contributed by atoms with van der Waals surface area (Å²) in [5.74, 6) is 4.71. The zero-order valence-corrected chi connectivity index (χ0v) is 7.62. The van der Waals surface area contributed by atoms with E-state index in [9.17, 15) is 8.42 Å². The number of nitrogens with two attached hydrogens (primary N) is 1. The summed E-state index contributed by atoms with van der Waals surface area (Å²) in [6.07, 6.45) is 0. The van der Waals surface area contributed by atoms with Crippen LogP contribution in [0.25, 0.3) is 0 Å². The Labute approximate surface area is 76.7 Å². The lowest BCUT2D eigenvalue weighted by Crippen LogP contribution is -2.31. The van der Waals surface area contributed by atoms with Gasteiger partial charge in [0.05, 0.1) is 6.61 Å². The molecule has 0 saturated heterocycles. The Kier molecular flexibility index (Phi) is 3.38. The van der Waals surface area contributed by atoms with Crippen molar-refractivity contribution >= 4 is 10.3 Å². The molecule has 0 saturated carbocycles. The highest BCUT2D eigenvalue weighted by atomic mass is 32.2. The number of benzene rings is 1. The standard InChI is InChI=1S/C7H10N2O3S/c8-9-13(10,11)12-6-7-4-2-1-3-5-7/h1-5,9H,6,8H2. The number of hydrazine groups is 1. The van der Waals surface area contributed by atoms with Crippen LogP contribution in [0.2, 0.25) is 0 Å². The van der Waals surface area contributed by atoms with E-state index in [1.807, 2.05) is 6.07 Å². The molecule has 1 aromatic rings. The third kappa shape index (κ3) is 3.51. The van der Waals surface area contributed by atoms with Crippen molar-refractivity contribution in [1.82, 2.24) is 4.83 Å². The molecule has 72 valence electrons. The summed E-state index contributed by atoms with van der Waals surface area (Å²) in [5, 5.41) is 0. The molecule has 0 unspecified atom stereocenters. The molecule has 0 aromatic heterocycles.